The zero-order chi connectivity index (χ0) is 28.3. The van der Waals surface area contributed by atoms with Crippen LogP contribution in [0.15, 0.2) is 43.5 Å². The summed E-state index contributed by atoms with van der Waals surface area (Å²) in [7, 11) is 0. The van der Waals surface area contributed by atoms with Gasteiger partial charge in [-0.1, -0.05) is 42.8 Å². The summed E-state index contributed by atoms with van der Waals surface area (Å²) in [5, 5.41) is 9.98. The molecule has 212 valence electrons. The van der Waals surface area contributed by atoms with E-state index < -0.39 is 22.6 Å². The molecule has 0 aromatic heterocycles. The van der Waals surface area contributed by atoms with E-state index in [-0.39, 0.29) is 48.6 Å². The number of carbonyl (C=O) groups is 3. The average Bonchev–Trinajstić information content (AvgIpc) is 3.49. The number of halogens is 1. The van der Waals surface area contributed by atoms with Crippen LogP contribution in [-0.2, 0) is 19.1 Å². The quantitative estimate of drug-likeness (QED) is 0.207. The molecule has 2 bridgehead atoms. The van der Waals surface area contributed by atoms with Crippen molar-refractivity contribution >= 4 is 46.8 Å². The van der Waals surface area contributed by atoms with Crippen LogP contribution >= 0.6 is 23.4 Å². The zero-order valence-corrected chi connectivity index (χ0v) is 24.4. The fourth-order valence-corrected chi connectivity index (χ4v) is 9.47. The summed E-state index contributed by atoms with van der Waals surface area (Å²) in [5.74, 6) is -2.00. The van der Waals surface area contributed by atoms with Crippen LogP contribution in [0.1, 0.15) is 44.6 Å². The van der Waals surface area contributed by atoms with Gasteiger partial charge in [0.1, 0.15) is 6.04 Å². The largest absolute Gasteiger partial charge is 0.465 e. The number of allylic oxidation sites excluding steroid dienone is 1. The van der Waals surface area contributed by atoms with E-state index in [4.69, 9.17) is 16.3 Å². The Bertz CT molecular complexity index is 1110. The number of thioether (sulfide) groups is 1. The van der Waals surface area contributed by atoms with E-state index in [1.807, 2.05) is 25.1 Å². The number of para-hydroxylation sites is 1. The van der Waals surface area contributed by atoms with E-state index in [0.717, 1.165) is 31.2 Å². The Morgan fingerprint density at radius 1 is 1.28 bits per heavy atom. The van der Waals surface area contributed by atoms with Crippen molar-refractivity contribution in [1.82, 2.24) is 4.90 Å². The van der Waals surface area contributed by atoms with E-state index in [2.05, 4.69) is 20.1 Å². The molecular formula is C30H39ClN2O5S. The van der Waals surface area contributed by atoms with Gasteiger partial charge in [0.15, 0.2) is 0 Å². The van der Waals surface area contributed by atoms with Crippen molar-refractivity contribution in [2.45, 2.75) is 62.0 Å². The minimum Gasteiger partial charge on any atom is -0.465 e. The number of nitrogens with zero attached hydrogens (tertiary/aromatic N) is 2. The molecule has 6 atom stereocenters. The first-order valence-corrected chi connectivity index (χ1v) is 15.0. The number of unbranched alkanes of at least 4 members (excludes halogenated alkanes) is 2. The second-order valence-electron chi connectivity index (χ2n) is 10.8. The maximum atomic E-state index is 14.6. The Labute approximate surface area is 240 Å². The van der Waals surface area contributed by atoms with Crippen molar-refractivity contribution in [3.8, 4) is 0 Å². The summed E-state index contributed by atoms with van der Waals surface area (Å²) in [6.45, 7) is 12.2. The normalized spacial score (nSPS) is 28.9. The van der Waals surface area contributed by atoms with Gasteiger partial charge in [-0.2, -0.15) is 0 Å². The van der Waals surface area contributed by atoms with Crippen LogP contribution in [0.3, 0.4) is 0 Å². The molecule has 9 heteroatoms. The van der Waals surface area contributed by atoms with Gasteiger partial charge in [-0.05, 0) is 56.6 Å². The number of aliphatic hydroxyl groups is 1. The van der Waals surface area contributed by atoms with Crippen LogP contribution in [0.2, 0.25) is 5.02 Å². The van der Waals surface area contributed by atoms with Crippen LogP contribution in [0.4, 0.5) is 5.69 Å². The minimum absolute atomic E-state index is 0.0316. The lowest BCUT2D eigenvalue weighted by atomic mass is 9.66. The zero-order valence-electron chi connectivity index (χ0n) is 22.8. The topological polar surface area (TPSA) is 87.2 Å². The van der Waals surface area contributed by atoms with E-state index >= 15 is 0 Å². The third kappa shape index (κ3) is 5.16. The van der Waals surface area contributed by atoms with E-state index in [1.54, 1.807) is 33.7 Å². The van der Waals surface area contributed by atoms with E-state index in [1.165, 1.54) is 0 Å². The van der Waals surface area contributed by atoms with Crippen LogP contribution in [-0.4, -0.2) is 70.1 Å². The first kappa shape index (κ1) is 29.7. The lowest BCUT2D eigenvalue weighted by molar-refractivity contribution is -0.154. The number of anilines is 1. The highest BCUT2D eigenvalue weighted by atomic mass is 35.5. The van der Waals surface area contributed by atoms with E-state index in [0.29, 0.717) is 23.7 Å². The fourth-order valence-electron chi connectivity index (χ4n) is 6.74. The SMILES string of the molecule is C=CCCCCOC(=O)[C@@H]1[C@@H]2CC(C)C3(S2)C(C(=O)N(CC=C)c2c(C)cccc2Cl)N(CCCO)C(=O)[C@H]13. The van der Waals surface area contributed by atoms with Gasteiger partial charge in [0.25, 0.3) is 5.91 Å². The standard InChI is InChI=1S/C30H39ClN2O5S/c1-5-7-8-9-17-38-29(37)23-22-18-20(4)30(39-22)24(23)27(35)33(15-11-16-34)26(30)28(36)32(14-6-2)25-19(3)12-10-13-21(25)31/h5-6,10,12-13,20,22-24,26,34H,1-2,7-9,11,14-18H2,3-4H3/t20?,22-,23+,24-,26?,30?/m0/s1. The highest BCUT2D eigenvalue weighted by Crippen LogP contribution is 2.69. The summed E-state index contributed by atoms with van der Waals surface area (Å²) in [5.41, 5.74) is 1.44. The third-order valence-electron chi connectivity index (χ3n) is 8.39. The number of benzene rings is 1. The summed E-state index contributed by atoms with van der Waals surface area (Å²) >= 11 is 8.22. The van der Waals surface area contributed by atoms with Gasteiger partial charge >= 0.3 is 5.97 Å². The molecule has 1 aromatic rings. The van der Waals surface area contributed by atoms with Gasteiger partial charge in [-0.15, -0.1) is 24.9 Å². The molecule has 3 fully saturated rings. The summed E-state index contributed by atoms with van der Waals surface area (Å²) in [4.78, 5) is 45.4. The molecule has 1 N–H and O–H groups in total. The molecule has 4 rings (SSSR count). The number of fused-ring (bicyclic) bond motifs is 1. The molecule has 39 heavy (non-hydrogen) atoms. The van der Waals surface area contributed by atoms with E-state index in [9.17, 15) is 19.5 Å². The molecular weight excluding hydrogens is 536 g/mol. The Kier molecular flexibility index (Phi) is 9.50. The van der Waals surface area contributed by atoms with Crippen molar-refractivity contribution in [1.29, 1.82) is 0 Å². The molecule has 0 saturated carbocycles. The van der Waals surface area contributed by atoms with Gasteiger partial charge in [0.2, 0.25) is 5.91 Å². The number of aryl methyl sites for hydroxylation is 1. The monoisotopic (exact) mass is 574 g/mol. The van der Waals surface area contributed by atoms with Crippen LogP contribution < -0.4 is 4.90 Å². The van der Waals surface area contributed by atoms with Crippen LogP contribution in [0.25, 0.3) is 0 Å². The van der Waals surface area contributed by atoms with Crippen LogP contribution in [0, 0.1) is 24.7 Å². The number of hydrogen-bond donors (Lipinski definition) is 1. The summed E-state index contributed by atoms with van der Waals surface area (Å²) < 4.78 is 4.92. The Morgan fingerprint density at radius 3 is 2.72 bits per heavy atom. The second kappa shape index (κ2) is 12.5. The maximum Gasteiger partial charge on any atom is 0.310 e. The molecule has 3 heterocycles. The number of esters is 1. The van der Waals surface area contributed by atoms with Gasteiger partial charge in [0.05, 0.1) is 33.9 Å². The number of aliphatic hydroxyl groups excluding tert-OH is 1. The smallest absolute Gasteiger partial charge is 0.310 e. The fraction of sp³-hybridized carbons (Fsp3) is 0.567. The average molecular weight is 575 g/mol. The summed E-state index contributed by atoms with van der Waals surface area (Å²) in [6, 6.07) is 4.68. The molecule has 1 spiro atoms. The Hall–Kier alpha value is -2.29. The molecule has 0 radical (unpaired) electrons. The van der Waals surface area contributed by atoms with Crippen molar-refractivity contribution in [2.24, 2.45) is 17.8 Å². The molecule has 0 aliphatic carbocycles. The number of likely N-dealkylation sites (tertiary alicyclic amines) is 1. The number of ether oxygens (including phenoxy) is 1. The predicted octanol–water partition coefficient (Wildman–Crippen LogP) is 4.79. The lowest BCUT2D eigenvalue weighted by Crippen LogP contribution is -2.57. The van der Waals surface area contributed by atoms with Crippen molar-refractivity contribution in [2.75, 3.05) is 31.2 Å². The molecule has 3 aliphatic rings. The van der Waals surface area contributed by atoms with Gasteiger partial charge in [0, 0.05) is 24.9 Å². The molecule has 1 aromatic carbocycles. The van der Waals surface area contributed by atoms with Gasteiger partial charge in [-0.25, -0.2) is 0 Å². The first-order chi connectivity index (χ1) is 18.7. The molecule has 3 unspecified atom stereocenters. The lowest BCUT2D eigenvalue weighted by Gasteiger charge is -2.40. The highest BCUT2D eigenvalue weighted by Gasteiger charge is 2.76. The first-order valence-electron chi connectivity index (χ1n) is 13.8. The number of carbonyl (C=O) groups excluding carboxylic acids is 3. The number of rotatable bonds is 13. The molecule has 7 nitrogen and oxygen atoms in total. The Morgan fingerprint density at radius 2 is 2.05 bits per heavy atom. The van der Waals surface area contributed by atoms with Crippen molar-refractivity contribution < 1.29 is 24.2 Å². The third-order valence-corrected chi connectivity index (χ3v) is 10.8. The second-order valence-corrected chi connectivity index (χ2v) is 12.7. The Balaban J connectivity index is 1.72. The number of hydrogen-bond acceptors (Lipinski definition) is 6. The molecule has 3 saturated heterocycles. The molecule has 3 aliphatic heterocycles. The van der Waals surface area contributed by atoms with Gasteiger partial charge < -0.3 is 19.6 Å². The van der Waals surface area contributed by atoms with Crippen LogP contribution in [0.5, 0.6) is 0 Å². The predicted molar refractivity (Wildman–Crippen MR) is 156 cm³/mol. The maximum absolute atomic E-state index is 14.6. The molecule has 2 amide bonds. The number of amides is 2. The summed E-state index contributed by atoms with van der Waals surface area (Å²) in [6.07, 6.45) is 7.04. The minimum atomic E-state index is -0.799. The van der Waals surface area contributed by atoms with Crippen molar-refractivity contribution in [3.63, 3.8) is 0 Å². The van der Waals surface area contributed by atoms with Gasteiger partial charge in [-0.3, -0.25) is 14.4 Å². The van der Waals surface area contributed by atoms with Crippen molar-refractivity contribution in [3.05, 3.63) is 54.1 Å². The highest BCUT2D eigenvalue weighted by molar-refractivity contribution is 8.02.